The van der Waals surface area contributed by atoms with Gasteiger partial charge in [0.2, 0.25) is 5.91 Å². The lowest BCUT2D eigenvalue weighted by Gasteiger charge is -2.23. The lowest BCUT2D eigenvalue weighted by Crippen LogP contribution is -2.32. The Kier molecular flexibility index (Phi) is 7.03. The molecule has 1 aromatic heterocycles. The standard InChI is InChI=1S/C15H20Cl2N2O/c1-11(2)9-19(15(20)7-4-12(3)16)10-14-6-5-13(17)8-18-14/h4-8,11-12H,9-10H2,1-3H3/b7-4+. The second kappa shape index (κ2) is 8.28. The summed E-state index contributed by atoms with van der Waals surface area (Å²) in [6.45, 7) is 7.10. The van der Waals surface area contributed by atoms with Crippen molar-refractivity contribution >= 4 is 29.1 Å². The van der Waals surface area contributed by atoms with Gasteiger partial charge in [-0.15, -0.1) is 11.6 Å². The fourth-order valence-corrected chi connectivity index (χ4v) is 1.87. The number of aromatic nitrogens is 1. The third kappa shape index (κ3) is 6.40. The summed E-state index contributed by atoms with van der Waals surface area (Å²) in [4.78, 5) is 18.2. The highest BCUT2D eigenvalue weighted by molar-refractivity contribution is 6.30. The van der Waals surface area contributed by atoms with E-state index >= 15 is 0 Å². The predicted octanol–water partition coefficient (Wildman–Crippen LogP) is 3.90. The van der Waals surface area contributed by atoms with Crippen LogP contribution in [-0.2, 0) is 11.3 Å². The van der Waals surface area contributed by atoms with Crippen LogP contribution in [-0.4, -0.2) is 27.7 Å². The van der Waals surface area contributed by atoms with E-state index in [1.54, 1.807) is 23.2 Å². The Labute approximate surface area is 130 Å². The molecule has 0 fully saturated rings. The van der Waals surface area contributed by atoms with Crippen LogP contribution < -0.4 is 0 Å². The highest BCUT2D eigenvalue weighted by Crippen LogP contribution is 2.10. The highest BCUT2D eigenvalue weighted by Gasteiger charge is 2.13. The SMILES string of the molecule is CC(Cl)/C=C/C(=O)N(Cc1ccc(Cl)cn1)CC(C)C. The Morgan fingerprint density at radius 3 is 2.60 bits per heavy atom. The summed E-state index contributed by atoms with van der Waals surface area (Å²) in [6, 6.07) is 3.61. The highest BCUT2D eigenvalue weighted by atomic mass is 35.5. The first kappa shape index (κ1) is 17.0. The van der Waals surface area contributed by atoms with Crippen LogP contribution in [0.5, 0.6) is 0 Å². The Bertz CT molecular complexity index is 455. The fraction of sp³-hybridized carbons (Fsp3) is 0.467. The van der Waals surface area contributed by atoms with E-state index in [9.17, 15) is 4.79 Å². The molecule has 110 valence electrons. The molecule has 0 aromatic carbocycles. The molecule has 1 rings (SSSR count). The van der Waals surface area contributed by atoms with Gasteiger partial charge in [0.25, 0.3) is 0 Å². The third-order valence-corrected chi connectivity index (χ3v) is 2.91. The Balaban J connectivity index is 2.78. The van der Waals surface area contributed by atoms with Crippen molar-refractivity contribution in [3.63, 3.8) is 0 Å². The summed E-state index contributed by atoms with van der Waals surface area (Å²) >= 11 is 11.6. The molecule has 0 saturated heterocycles. The number of alkyl halides is 1. The van der Waals surface area contributed by atoms with Crippen molar-refractivity contribution in [2.24, 2.45) is 5.92 Å². The molecule has 0 aliphatic carbocycles. The van der Waals surface area contributed by atoms with Crippen molar-refractivity contribution in [3.8, 4) is 0 Å². The molecule has 0 saturated carbocycles. The minimum atomic E-state index is -0.159. The Hall–Kier alpha value is -1.06. The van der Waals surface area contributed by atoms with Gasteiger partial charge < -0.3 is 4.90 Å². The number of carbonyl (C=O) groups excluding carboxylic acids is 1. The molecule has 0 bridgehead atoms. The summed E-state index contributed by atoms with van der Waals surface area (Å²) in [6.07, 6.45) is 4.80. The minimum Gasteiger partial charge on any atom is -0.333 e. The summed E-state index contributed by atoms with van der Waals surface area (Å²) in [5.41, 5.74) is 0.815. The quantitative estimate of drug-likeness (QED) is 0.589. The monoisotopic (exact) mass is 314 g/mol. The van der Waals surface area contributed by atoms with E-state index in [4.69, 9.17) is 23.2 Å². The molecule has 1 amide bonds. The number of hydrogen-bond acceptors (Lipinski definition) is 2. The molecule has 20 heavy (non-hydrogen) atoms. The molecule has 0 aliphatic heterocycles. The van der Waals surface area contributed by atoms with E-state index in [1.165, 1.54) is 6.08 Å². The van der Waals surface area contributed by atoms with Gasteiger partial charge in [0.05, 0.1) is 17.3 Å². The van der Waals surface area contributed by atoms with Crippen LogP contribution >= 0.6 is 23.2 Å². The molecule has 1 aromatic rings. The number of amides is 1. The lowest BCUT2D eigenvalue weighted by atomic mass is 10.2. The smallest absolute Gasteiger partial charge is 0.246 e. The number of nitrogens with zero attached hydrogens (tertiary/aromatic N) is 2. The summed E-state index contributed by atoms with van der Waals surface area (Å²) in [7, 11) is 0. The second-order valence-electron chi connectivity index (χ2n) is 5.12. The third-order valence-electron chi connectivity index (χ3n) is 2.54. The van der Waals surface area contributed by atoms with Gasteiger partial charge in [-0.05, 0) is 25.0 Å². The van der Waals surface area contributed by atoms with Gasteiger partial charge in [-0.3, -0.25) is 9.78 Å². The maximum atomic E-state index is 12.2. The average molecular weight is 315 g/mol. The topological polar surface area (TPSA) is 33.2 Å². The maximum absolute atomic E-state index is 12.2. The van der Waals surface area contributed by atoms with Crippen LogP contribution in [0.1, 0.15) is 26.5 Å². The number of hydrogen-bond donors (Lipinski definition) is 0. The largest absolute Gasteiger partial charge is 0.333 e. The molecule has 0 N–H and O–H groups in total. The van der Waals surface area contributed by atoms with Gasteiger partial charge in [0.15, 0.2) is 0 Å². The molecular weight excluding hydrogens is 295 g/mol. The average Bonchev–Trinajstić information content (AvgIpc) is 2.37. The molecule has 0 spiro atoms. The summed E-state index contributed by atoms with van der Waals surface area (Å²) < 4.78 is 0. The Morgan fingerprint density at radius 1 is 1.40 bits per heavy atom. The zero-order valence-electron chi connectivity index (χ0n) is 12.0. The van der Waals surface area contributed by atoms with Crippen LogP contribution in [0.4, 0.5) is 0 Å². The lowest BCUT2D eigenvalue weighted by molar-refractivity contribution is -0.127. The van der Waals surface area contributed by atoms with Crippen molar-refractivity contribution in [2.75, 3.05) is 6.54 Å². The molecular formula is C15H20Cl2N2O. The maximum Gasteiger partial charge on any atom is 0.246 e. The minimum absolute atomic E-state index is 0.0528. The second-order valence-corrected chi connectivity index (χ2v) is 6.24. The number of pyridine rings is 1. The van der Waals surface area contributed by atoms with Crippen molar-refractivity contribution in [2.45, 2.75) is 32.7 Å². The predicted molar refractivity (Wildman–Crippen MR) is 84.0 cm³/mol. The van der Waals surface area contributed by atoms with Gasteiger partial charge in [-0.25, -0.2) is 0 Å². The number of carbonyl (C=O) groups is 1. The van der Waals surface area contributed by atoms with Gasteiger partial charge in [-0.1, -0.05) is 31.5 Å². The van der Waals surface area contributed by atoms with E-state index in [0.717, 1.165) is 5.69 Å². The molecule has 0 aliphatic rings. The first-order valence-electron chi connectivity index (χ1n) is 6.60. The zero-order valence-corrected chi connectivity index (χ0v) is 13.5. The first-order valence-corrected chi connectivity index (χ1v) is 7.41. The van der Waals surface area contributed by atoms with Gasteiger partial charge >= 0.3 is 0 Å². The Morgan fingerprint density at radius 2 is 2.10 bits per heavy atom. The molecule has 1 atom stereocenters. The van der Waals surface area contributed by atoms with Crippen molar-refractivity contribution in [1.29, 1.82) is 0 Å². The van der Waals surface area contributed by atoms with E-state index in [-0.39, 0.29) is 11.3 Å². The van der Waals surface area contributed by atoms with Crippen LogP contribution in [0.25, 0.3) is 0 Å². The molecule has 0 radical (unpaired) electrons. The summed E-state index contributed by atoms with van der Waals surface area (Å²) in [5, 5.41) is 0.430. The van der Waals surface area contributed by atoms with Crippen LogP contribution in [0.2, 0.25) is 5.02 Å². The van der Waals surface area contributed by atoms with Crippen LogP contribution in [0, 0.1) is 5.92 Å². The van der Waals surface area contributed by atoms with E-state index in [2.05, 4.69) is 18.8 Å². The zero-order chi connectivity index (χ0) is 15.1. The number of halogens is 2. The van der Waals surface area contributed by atoms with Crippen LogP contribution in [0.3, 0.4) is 0 Å². The van der Waals surface area contributed by atoms with E-state index < -0.39 is 0 Å². The number of rotatable bonds is 6. The normalized spacial score (nSPS) is 12.9. The molecule has 5 heteroatoms. The van der Waals surface area contributed by atoms with Gasteiger partial charge in [-0.2, -0.15) is 0 Å². The summed E-state index contributed by atoms with van der Waals surface area (Å²) in [5.74, 6) is 0.330. The van der Waals surface area contributed by atoms with Crippen molar-refractivity contribution < 1.29 is 4.79 Å². The first-order chi connectivity index (χ1) is 9.38. The molecule has 1 heterocycles. The molecule has 1 unspecified atom stereocenters. The van der Waals surface area contributed by atoms with E-state index in [1.807, 2.05) is 13.0 Å². The van der Waals surface area contributed by atoms with Gasteiger partial charge in [0.1, 0.15) is 0 Å². The van der Waals surface area contributed by atoms with Gasteiger partial charge in [0, 0.05) is 24.2 Å². The molecule has 3 nitrogen and oxygen atoms in total. The van der Waals surface area contributed by atoms with Crippen LogP contribution in [0.15, 0.2) is 30.5 Å². The van der Waals surface area contributed by atoms with Crippen molar-refractivity contribution in [1.82, 2.24) is 9.88 Å². The fourth-order valence-electron chi connectivity index (χ4n) is 1.69. The number of allylic oxidation sites excluding steroid dienone is 1. The van der Waals surface area contributed by atoms with E-state index in [0.29, 0.717) is 24.0 Å². The van der Waals surface area contributed by atoms with Crippen molar-refractivity contribution in [3.05, 3.63) is 41.2 Å².